The van der Waals surface area contributed by atoms with Gasteiger partial charge < -0.3 is 15.4 Å². The van der Waals surface area contributed by atoms with Crippen molar-refractivity contribution in [1.82, 2.24) is 0 Å². The Morgan fingerprint density at radius 1 is 0.793 bits per heavy atom. The first-order chi connectivity index (χ1) is 13.9. The van der Waals surface area contributed by atoms with Gasteiger partial charge in [-0.25, -0.2) is 0 Å². The van der Waals surface area contributed by atoms with Gasteiger partial charge in [0.2, 0.25) is 0 Å². The van der Waals surface area contributed by atoms with E-state index in [1.807, 2.05) is 57.2 Å². The number of anilines is 2. The zero-order valence-electron chi connectivity index (χ0n) is 16.7. The summed E-state index contributed by atoms with van der Waals surface area (Å²) in [6.07, 6.45) is -0.0122. The first-order valence-electron chi connectivity index (χ1n) is 9.47. The number of benzene rings is 3. The number of aryl methyl sites for hydroxylation is 1. The van der Waals surface area contributed by atoms with E-state index in [1.54, 1.807) is 36.4 Å². The van der Waals surface area contributed by atoms with Crippen LogP contribution in [-0.2, 0) is 0 Å². The number of carbonyl (C=O) groups excluding carboxylic acids is 2. The zero-order valence-corrected chi connectivity index (χ0v) is 16.7. The largest absolute Gasteiger partial charge is 0.489 e. The van der Waals surface area contributed by atoms with Crippen LogP contribution in [0.25, 0.3) is 0 Å². The summed E-state index contributed by atoms with van der Waals surface area (Å²) in [6, 6.07) is 21.4. The number of ether oxygens (including phenoxy) is 1. The molecular formula is C24H24N2O3. The Labute approximate surface area is 170 Å². The molecule has 0 spiro atoms. The third-order valence-corrected chi connectivity index (χ3v) is 4.19. The van der Waals surface area contributed by atoms with Crippen molar-refractivity contribution in [2.45, 2.75) is 26.9 Å². The molecule has 2 N–H and O–H groups in total. The van der Waals surface area contributed by atoms with Crippen LogP contribution in [0.1, 0.15) is 40.1 Å². The third kappa shape index (κ3) is 5.45. The van der Waals surface area contributed by atoms with E-state index in [1.165, 1.54) is 0 Å². The van der Waals surface area contributed by atoms with E-state index in [9.17, 15) is 9.59 Å². The molecule has 0 radical (unpaired) electrons. The minimum absolute atomic E-state index is 0.0122. The number of para-hydroxylation sites is 2. The Kier molecular flexibility index (Phi) is 6.29. The lowest BCUT2D eigenvalue weighted by Gasteiger charge is -2.15. The molecule has 0 heterocycles. The van der Waals surface area contributed by atoms with Crippen LogP contribution in [0.3, 0.4) is 0 Å². The fourth-order valence-corrected chi connectivity index (χ4v) is 2.76. The van der Waals surface area contributed by atoms with Crippen molar-refractivity contribution in [3.8, 4) is 5.75 Å². The van der Waals surface area contributed by atoms with Crippen molar-refractivity contribution >= 4 is 23.2 Å². The van der Waals surface area contributed by atoms with Gasteiger partial charge in [-0.15, -0.1) is 0 Å². The van der Waals surface area contributed by atoms with Crippen molar-refractivity contribution in [3.05, 3.63) is 89.5 Å². The van der Waals surface area contributed by atoms with Gasteiger partial charge in [-0.2, -0.15) is 0 Å². The van der Waals surface area contributed by atoms with E-state index in [0.717, 1.165) is 5.56 Å². The summed E-state index contributed by atoms with van der Waals surface area (Å²) in [7, 11) is 0. The maximum atomic E-state index is 12.7. The minimum atomic E-state index is -0.310. The third-order valence-electron chi connectivity index (χ3n) is 4.19. The van der Waals surface area contributed by atoms with Crippen LogP contribution in [0, 0.1) is 6.92 Å². The first kappa shape index (κ1) is 20.1. The molecule has 3 rings (SSSR count). The van der Waals surface area contributed by atoms with Crippen LogP contribution in [-0.4, -0.2) is 17.9 Å². The second-order valence-corrected chi connectivity index (χ2v) is 7.02. The molecule has 148 valence electrons. The van der Waals surface area contributed by atoms with Crippen molar-refractivity contribution in [2.75, 3.05) is 10.6 Å². The Morgan fingerprint density at radius 2 is 1.41 bits per heavy atom. The predicted molar refractivity (Wildman–Crippen MR) is 116 cm³/mol. The van der Waals surface area contributed by atoms with Crippen LogP contribution in [0.4, 0.5) is 11.4 Å². The summed E-state index contributed by atoms with van der Waals surface area (Å²) < 4.78 is 5.74. The van der Waals surface area contributed by atoms with Crippen LogP contribution < -0.4 is 15.4 Å². The Balaban J connectivity index is 1.74. The minimum Gasteiger partial charge on any atom is -0.489 e. The van der Waals surface area contributed by atoms with Gasteiger partial charge >= 0.3 is 0 Å². The highest BCUT2D eigenvalue weighted by Crippen LogP contribution is 2.25. The summed E-state index contributed by atoms with van der Waals surface area (Å²) in [5.41, 5.74) is 3.20. The SMILES string of the molecule is Cc1ccc(NC(=O)c2cccc(C(=O)Nc3ccccc3OC(C)C)c2)cc1. The summed E-state index contributed by atoms with van der Waals surface area (Å²) in [4.78, 5) is 25.3. The van der Waals surface area contributed by atoms with E-state index in [0.29, 0.717) is 28.3 Å². The topological polar surface area (TPSA) is 67.4 Å². The highest BCUT2D eigenvalue weighted by Gasteiger charge is 2.13. The average molecular weight is 388 g/mol. The molecule has 5 heteroatoms. The van der Waals surface area contributed by atoms with Crippen LogP contribution >= 0.6 is 0 Å². The van der Waals surface area contributed by atoms with Crippen molar-refractivity contribution < 1.29 is 14.3 Å². The monoisotopic (exact) mass is 388 g/mol. The highest BCUT2D eigenvalue weighted by atomic mass is 16.5. The molecule has 0 aliphatic heterocycles. The molecule has 0 aliphatic carbocycles. The normalized spacial score (nSPS) is 10.5. The number of hydrogen-bond donors (Lipinski definition) is 2. The lowest BCUT2D eigenvalue weighted by atomic mass is 10.1. The standard InChI is InChI=1S/C24H24N2O3/c1-16(2)29-22-10-5-4-9-21(22)26-24(28)19-8-6-7-18(15-19)23(27)25-20-13-11-17(3)12-14-20/h4-16H,1-3H3,(H,25,27)(H,26,28). The molecule has 2 amide bonds. The Bertz CT molecular complexity index is 1010. The fraction of sp³-hybridized carbons (Fsp3) is 0.167. The van der Waals surface area contributed by atoms with Crippen molar-refractivity contribution in [3.63, 3.8) is 0 Å². The van der Waals surface area contributed by atoms with Gasteiger partial charge in [-0.3, -0.25) is 9.59 Å². The lowest BCUT2D eigenvalue weighted by molar-refractivity contribution is 0.102. The summed E-state index contributed by atoms with van der Waals surface area (Å²) in [5, 5.41) is 5.70. The van der Waals surface area contributed by atoms with Crippen molar-refractivity contribution in [1.29, 1.82) is 0 Å². The predicted octanol–water partition coefficient (Wildman–Crippen LogP) is 5.29. The number of rotatable bonds is 6. The van der Waals surface area contributed by atoms with Gasteiger partial charge in [0.05, 0.1) is 11.8 Å². The highest BCUT2D eigenvalue weighted by molar-refractivity contribution is 6.09. The molecular weight excluding hydrogens is 364 g/mol. The molecule has 0 aliphatic rings. The van der Waals surface area contributed by atoms with Gasteiger partial charge in [-0.1, -0.05) is 35.9 Å². The number of carbonyl (C=O) groups is 2. The van der Waals surface area contributed by atoms with Crippen molar-refractivity contribution in [2.24, 2.45) is 0 Å². The van der Waals surface area contributed by atoms with Gasteiger partial charge in [0.1, 0.15) is 5.75 Å². The fourth-order valence-electron chi connectivity index (χ4n) is 2.76. The molecule has 0 aromatic heterocycles. The molecule has 5 nitrogen and oxygen atoms in total. The number of nitrogens with one attached hydrogen (secondary N) is 2. The molecule has 0 bridgehead atoms. The molecule has 29 heavy (non-hydrogen) atoms. The van der Waals surface area contributed by atoms with E-state index in [2.05, 4.69) is 10.6 Å². The molecule has 0 saturated carbocycles. The maximum Gasteiger partial charge on any atom is 0.255 e. The molecule has 0 atom stereocenters. The molecule has 0 fully saturated rings. The number of amides is 2. The smallest absolute Gasteiger partial charge is 0.255 e. The molecule has 0 saturated heterocycles. The van der Waals surface area contributed by atoms with Gasteiger partial charge in [0, 0.05) is 16.8 Å². The average Bonchev–Trinajstić information content (AvgIpc) is 2.71. The quantitative estimate of drug-likeness (QED) is 0.603. The molecule has 0 unspecified atom stereocenters. The van der Waals surface area contributed by atoms with E-state index in [-0.39, 0.29) is 17.9 Å². The first-order valence-corrected chi connectivity index (χ1v) is 9.47. The second kappa shape index (κ2) is 9.06. The van der Waals surface area contributed by atoms with Crippen LogP contribution in [0.2, 0.25) is 0 Å². The Hall–Kier alpha value is -3.60. The van der Waals surface area contributed by atoms with Crippen LogP contribution in [0.5, 0.6) is 5.75 Å². The van der Waals surface area contributed by atoms with E-state index >= 15 is 0 Å². The number of hydrogen-bond acceptors (Lipinski definition) is 3. The van der Waals surface area contributed by atoms with E-state index in [4.69, 9.17) is 4.74 Å². The molecule has 3 aromatic rings. The van der Waals surface area contributed by atoms with Crippen LogP contribution in [0.15, 0.2) is 72.8 Å². The molecule has 3 aromatic carbocycles. The maximum absolute atomic E-state index is 12.7. The lowest BCUT2D eigenvalue weighted by Crippen LogP contribution is -2.16. The second-order valence-electron chi connectivity index (χ2n) is 7.02. The van der Waals surface area contributed by atoms with E-state index < -0.39 is 0 Å². The van der Waals surface area contributed by atoms with Gasteiger partial charge in [0.15, 0.2) is 0 Å². The summed E-state index contributed by atoms with van der Waals surface area (Å²) >= 11 is 0. The Morgan fingerprint density at radius 3 is 2.07 bits per heavy atom. The zero-order chi connectivity index (χ0) is 20.8. The van der Waals surface area contributed by atoms with Gasteiger partial charge in [-0.05, 0) is 63.2 Å². The summed E-state index contributed by atoms with van der Waals surface area (Å²) in [6.45, 7) is 5.83. The van der Waals surface area contributed by atoms with Gasteiger partial charge in [0.25, 0.3) is 11.8 Å². The summed E-state index contributed by atoms with van der Waals surface area (Å²) in [5.74, 6) is 0.0194.